The molecular weight excluding hydrogens is 258 g/mol. The zero-order chi connectivity index (χ0) is 14.9. The molecule has 1 saturated heterocycles. The first-order chi connectivity index (χ1) is 10.3. The largest absolute Gasteiger partial charge is 0.385 e. The van der Waals surface area contributed by atoms with E-state index in [-0.39, 0.29) is 0 Å². The van der Waals surface area contributed by atoms with Gasteiger partial charge in [0.05, 0.1) is 0 Å². The van der Waals surface area contributed by atoms with Gasteiger partial charge in [-0.05, 0) is 69.0 Å². The summed E-state index contributed by atoms with van der Waals surface area (Å²) in [6.45, 7) is 10.2. The highest BCUT2D eigenvalue weighted by molar-refractivity contribution is 5.55. The van der Waals surface area contributed by atoms with Crippen molar-refractivity contribution in [3.63, 3.8) is 0 Å². The lowest BCUT2D eigenvalue weighted by atomic mass is 9.98. The Morgan fingerprint density at radius 1 is 1.05 bits per heavy atom. The maximum absolute atomic E-state index is 3.60. The Bertz CT molecular complexity index is 376. The minimum atomic E-state index is 0.822. The van der Waals surface area contributed by atoms with Crippen LogP contribution in [0, 0.1) is 5.92 Å². The third kappa shape index (κ3) is 5.24. The van der Waals surface area contributed by atoms with Crippen LogP contribution >= 0.6 is 0 Å². The maximum Gasteiger partial charge on any atom is 0.0367 e. The van der Waals surface area contributed by atoms with Gasteiger partial charge in [0.2, 0.25) is 0 Å². The Balaban J connectivity index is 1.85. The van der Waals surface area contributed by atoms with Crippen LogP contribution in [0.5, 0.6) is 0 Å². The number of anilines is 2. The van der Waals surface area contributed by atoms with Crippen molar-refractivity contribution in [3.8, 4) is 0 Å². The average molecular weight is 289 g/mol. The van der Waals surface area contributed by atoms with E-state index in [4.69, 9.17) is 0 Å². The Kier molecular flexibility index (Phi) is 6.87. The molecule has 0 amide bonds. The highest BCUT2D eigenvalue weighted by Crippen LogP contribution is 2.20. The first-order valence-electron chi connectivity index (χ1n) is 8.63. The molecule has 21 heavy (non-hydrogen) atoms. The van der Waals surface area contributed by atoms with Crippen molar-refractivity contribution in [1.82, 2.24) is 5.32 Å². The SMILES string of the molecule is CCCN(CCC)c1ccc(NCC2CCNCC2)cc1. The van der Waals surface area contributed by atoms with Gasteiger partial charge in [-0.3, -0.25) is 0 Å². The van der Waals surface area contributed by atoms with E-state index in [1.165, 1.54) is 50.1 Å². The molecule has 1 aliphatic rings. The van der Waals surface area contributed by atoms with Crippen LogP contribution in [0.1, 0.15) is 39.5 Å². The molecule has 0 atom stereocenters. The zero-order valence-electron chi connectivity index (χ0n) is 13.7. The van der Waals surface area contributed by atoms with Gasteiger partial charge >= 0.3 is 0 Å². The van der Waals surface area contributed by atoms with Gasteiger partial charge < -0.3 is 15.5 Å². The molecule has 1 aliphatic heterocycles. The Labute approximate surface area is 130 Å². The number of benzene rings is 1. The lowest BCUT2D eigenvalue weighted by molar-refractivity contribution is 0.390. The first kappa shape index (κ1) is 16.2. The number of rotatable bonds is 8. The topological polar surface area (TPSA) is 27.3 Å². The third-order valence-corrected chi connectivity index (χ3v) is 4.27. The second kappa shape index (κ2) is 8.93. The molecule has 1 aromatic rings. The summed E-state index contributed by atoms with van der Waals surface area (Å²) in [4.78, 5) is 2.48. The predicted octanol–water partition coefficient (Wildman–Crippen LogP) is 3.72. The Morgan fingerprint density at radius 2 is 1.67 bits per heavy atom. The molecule has 3 heteroatoms. The average Bonchev–Trinajstić information content (AvgIpc) is 2.54. The lowest BCUT2D eigenvalue weighted by Gasteiger charge is -2.25. The fourth-order valence-electron chi connectivity index (χ4n) is 3.05. The van der Waals surface area contributed by atoms with Crippen LogP contribution in [-0.2, 0) is 0 Å². The normalized spacial score (nSPS) is 15.9. The Hall–Kier alpha value is -1.22. The summed E-state index contributed by atoms with van der Waals surface area (Å²) >= 11 is 0. The summed E-state index contributed by atoms with van der Waals surface area (Å²) in [7, 11) is 0. The number of piperidine rings is 1. The molecule has 0 aliphatic carbocycles. The van der Waals surface area contributed by atoms with Crippen molar-refractivity contribution in [1.29, 1.82) is 0 Å². The van der Waals surface area contributed by atoms with Gasteiger partial charge in [-0.1, -0.05) is 13.8 Å². The van der Waals surface area contributed by atoms with Crippen LogP contribution in [0.4, 0.5) is 11.4 Å². The van der Waals surface area contributed by atoms with Gasteiger partial charge in [0.1, 0.15) is 0 Å². The van der Waals surface area contributed by atoms with Crippen LogP contribution < -0.4 is 15.5 Å². The summed E-state index contributed by atoms with van der Waals surface area (Å²) in [5.74, 6) is 0.822. The van der Waals surface area contributed by atoms with E-state index in [0.717, 1.165) is 25.6 Å². The quantitative estimate of drug-likeness (QED) is 0.763. The smallest absolute Gasteiger partial charge is 0.0367 e. The van der Waals surface area contributed by atoms with Crippen molar-refractivity contribution < 1.29 is 0 Å². The third-order valence-electron chi connectivity index (χ3n) is 4.27. The number of nitrogens with one attached hydrogen (secondary N) is 2. The Morgan fingerprint density at radius 3 is 2.24 bits per heavy atom. The summed E-state index contributed by atoms with van der Waals surface area (Å²) in [6.07, 6.45) is 5.00. The van der Waals surface area contributed by atoms with Gasteiger partial charge in [-0.15, -0.1) is 0 Å². The van der Waals surface area contributed by atoms with Crippen LogP contribution in [-0.4, -0.2) is 32.7 Å². The van der Waals surface area contributed by atoms with Crippen LogP contribution in [0.2, 0.25) is 0 Å². The van der Waals surface area contributed by atoms with Gasteiger partial charge in [0.15, 0.2) is 0 Å². The van der Waals surface area contributed by atoms with E-state index in [1.54, 1.807) is 0 Å². The van der Waals surface area contributed by atoms with Gasteiger partial charge in [0.25, 0.3) is 0 Å². The second-order valence-electron chi connectivity index (χ2n) is 6.11. The minimum absolute atomic E-state index is 0.822. The van der Waals surface area contributed by atoms with Crippen molar-refractivity contribution in [3.05, 3.63) is 24.3 Å². The lowest BCUT2D eigenvalue weighted by Crippen LogP contribution is -2.31. The monoisotopic (exact) mass is 289 g/mol. The highest BCUT2D eigenvalue weighted by Gasteiger charge is 2.12. The molecule has 0 unspecified atom stereocenters. The molecule has 1 fully saturated rings. The number of hydrogen-bond donors (Lipinski definition) is 2. The van der Waals surface area contributed by atoms with E-state index in [1.807, 2.05) is 0 Å². The van der Waals surface area contributed by atoms with Gasteiger partial charge in [-0.2, -0.15) is 0 Å². The summed E-state index contributed by atoms with van der Waals surface area (Å²) < 4.78 is 0. The molecule has 0 radical (unpaired) electrons. The predicted molar refractivity (Wildman–Crippen MR) is 93.3 cm³/mol. The number of hydrogen-bond acceptors (Lipinski definition) is 3. The van der Waals surface area contributed by atoms with E-state index in [2.05, 4.69) is 53.6 Å². The summed E-state index contributed by atoms with van der Waals surface area (Å²) in [6, 6.07) is 8.98. The second-order valence-corrected chi connectivity index (χ2v) is 6.11. The maximum atomic E-state index is 3.60. The standard InChI is InChI=1S/C18H31N3/c1-3-13-21(14-4-2)18-7-5-17(6-8-18)20-15-16-9-11-19-12-10-16/h5-8,16,19-20H,3-4,9-15H2,1-2H3. The first-order valence-corrected chi connectivity index (χ1v) is 8.63. The van der Waals surface area contributed by atoms with E-state index in [9.17, 15) is 0 Å². The fourth-order valence-corrected chi connectivity index (χ4v) is 3.05. The van der Waals surface area contributed by atoms with Crippen molar-refractivity contribution in [2.24, 2.45) is 5.92 Å². The molecule has 1 heterocycles. The van der Waals surface area contributed by atoms with Crippen LogP contribution in [0.3, 0.4) is 0 Å². The highest BCUT2D eigenvalue weighted by atomic mass is 15.1. The van der Waals surface area contributed by atoms with Crippen LogP contribution in [0.25, 0.3) is 0 Å². The molecule has 2 rings (SSSR count). The van der Waals surface area contributed by atoms with E-state index >= 15 is 0 Å². The van der Waals surface area contributed by atoms with E-state index in [0.29, 0.717) is 0 Å². The minimum Gasteiger partial charge on any atom is -0.385 e. The molecule has 118 valence electrons. The number of nitrogens with zero attached hydrogens (tertiary/aromatic N) is 1. The molecule has 0 spiro atoms. The van der Waals surface area contributed by atoms with Crippen LogP contribution in [0.15, 0.2) is 24.3 Å². The molecule has 0 aromatic heterocycles. The summed E-state index contributed by atoms with van der Waals surface area (Å²) in [5, 5.41) is 7.02. The molecule has 1 aromatic carbocycles. The van der Waals surface area contributed by atoms with Gasteiger partial charge in [0, 0.05) is 31.0 Å². The van der Waals surface area contributed by atoms with Crippen molar-refractivity contribution >= 4 is 11.4 Å². The molecular formula is C18H31N3. The summed E-state index contributed by atoms with van der Waals surface area (Å²) in [5.41, 5.74) is 2.61. The molecule has 0 bridgehead atoms. The fraction of sp³-hybridized carbons (Fsp3) is 0.667. The molecule has 2 N–H and O–H groups in total. The zero-order valence-corrected chi connectivity index (χ0v) is 13.7. The molecule has 0 saturated carbocycles. The molecule has 3 nitrogen and oxygen atoms in total. The van der Waals surface area contributed by atoms with E-state index < -0.39 is 0 Å². The van der Waals surface area contributed by atoms with Gasteiger partial charge in [-0.25, -0.2) is 0 Å². The van der Waals surface area contributed by atoms with Crippen molar-refractivity contribution in [2.45, 2.75) is 39.5 Å². The van der Waals surface area contributed by atoms with Crippen molar-refractivity contribution in [2.75, 3.05) is 42.9 Å².